The Labute approximate surface area is 346 Å². The van der Waals surface area contributed by atoms with Crippen LogP contribution >= 0.6 is 0 Å². The SMILES string of the molecule is c1ccc(-c2cccc(-c3ccc(N(c4ccc(-c5cccc6ccccc56)cc4)c4ccc(-c5ccccc5)c(-c5ccccc5)c4)c(-c4ccccc4)c3)c2)cc1. The van der Waals surface area contributed by atoms with Gasteiger partial charge in [-0.3, -0.25) is 0 Å². The molecule has 0 aromatic heterocycles. The predicted octanol–water partition coefficient (Wildman–Crippen LogP) is 16.3. The standard InChI is InChI=1S/C58H41N/c1-5-17-42(18-6-1)48-27-15-28-49(39-48)50-33-38-58(57(40-50)46-23-11-4-12-24-46)59(51-34-31-47(32-35-51)54-30-16-26-44-25-13-14-29-53(44)54)52-36-37-55(43-19-7-2-8-20-43)56(41-52)45-21-9-3-10-22-45/h1-41H. The lowest BCUT2D eigenvalue weighted by Crippen LogP contribution is -2.12. The third kappa shape index (κ3) is 7.23. The summed E-state index contributed by atoms with van der Waals surface area (Å²) in [5.74, 6) is 0. The van der Waals surface area contributed by atoms with Gasteiger partial charge in [0.1, 0.15) is 0 Å². The van der Waals surface area contributed by atoms with Gasteiger partial charge in [-0.2, -0.15) is 0 Å². The Bertz CT molecular complexity index is 3000. The lowest BCUT2D eigenvalue weighted by atomic mass is 9.92. The van der Waals surface area contributed by atoms with Gasteiger partial charge in [0, 0.05) is 16.9 Å². The molecule has 0 aliphatic heterocycles. The van der Waals surface area contributed by atoms with Crippen molar-refractivity contribution in [2.24, 2.45) is 0 Å². The number of hydrogen-bond acceptors (Lipinski definition) is 1. The van der Waals surface area contributed by atoms with Crippen LogP contribution in [0.3, 0.4) is 0 Å². The Hall–Kier alpha value is -7.74. The highest BCUT2D eigenvalue weighted by Crippen LogP contribution is 2.46. The molecule has 10 rings (SSSR count). The zero-order valence-electron chi connectivity index (χ0n) is 32.6. The van der Waals surface area contributed by atoms with Gasteiger partial charge < -0.3 is 4.90 Å². The maximum absolute atomic E-state index is 2.43. The van der Waals surface area contributed by atoms with Gasteiger partial charge >= 0.3 is 0 Å². The van der Waals surface area contributed by atoms with Crippen molar-refractivity contribution in [1.82, 2.24) is 0 Å². The molecule has 0 aliphatic rings. The van der Waals surface area contributed by atoms with Gasteiger partial charge in [0.2, 0.25) is 0 Å². The zero-order chi connectivity index (χ0) is 39.4. The van der Waals surface area contributed by atoms with Crippen molar-refractivity contribution in [2.45, 2.75) is 0 Å². The topological polar surface area (TPSA) is 3.24 Å². The number of anilines is 3. The van der Waals surface area contributed by atoms with Crippen molar-refractivity contribution in [2.75, 3.05) is 4.90 Å². The summed E-state index contributed by atoms with van der Waals surface area (Å²) in [7, 11) is 0. The normalized spacial score (nSPS) is 11.1. The first-order valence-electron chi connectivity index (χ1n) is 20.3. The van der Waals surface area contributed by atoms with Gasteiger partial charge in [-0.25, -0.2) is 0 Å². The number of fused-ring (bicyclic) bond motifs is 1. The lowest BCUT2D eigenvalue weighted by Gasteiger charge is -2.29. The average molecular weight is 752 g/mol. The van der Waals surface area contributed by atoms with Crippen LogP contribution in [0.5, 0.6) is 0 Å². The Morgan fingerprint density at radius 3 is 1.36 bits per heavy atom. The first-order chi connectivity index (χ1) is 29.3. The molecule has 0 atom stereocenters. The van der Waals surface area contributed by atoms with Crippen molar-refractivity contribution in [1.29, 1.82) is 0 Å². The highest BCUT2D eigenvalue weighted by molar-refractivity contribution is 5.98. The van der Waals surface area contributed by atoms with E-state index in [4.69, 9.17) is 0 Å². The maximum atomic E-state index is 2.43. The van der Waals surface area contributed by atoms with E-state index in [1.165, 1.54) is 66.4 Å². The Morgan fingerprint density at radius 1 is 0.220 bits per heavy atom. The Morgan fingerprint density at radius 2 is 0.678 bits per heavy atom. The predicted molar refractivity (Wildman–Crippen MR) is 251 cm³/mol. The van der Waals surface area contributed by atoms with Gasteiger partial charge in [0.25, 0.3) is 0 Å². The molecule has 1 heteroatoms. The van der Waals surface area contributed by atoms with Crippen LogP contribution in [0, 0.1) is 0 Å². The van der Waals surface area contributed by atoms with Crippen molar-refractivity contribution in [3.05, 3.63) is 249 Å². The molecule has 0 spiro atoms. The van der Waals surface area contributed by atoms with E-state index in [1.54, 1.807) is 0 Å². The summed E-state index contributed by atoms with van der Waals surface area (Å²) in [5, 5.41) is 2.49. The summed E-state index contributed by atoms with van der Waals surface area (Å²) >= 11 is 0. The van der Waals surface area contributed by atoms with Gasteiger partial charge in [-0.05, 0) is 114 Å². The molecule has 0 radical (unpaired) electrons. The van der Waals surface area contributed by atoms with E-state index in [0.29, 0.717) is 0 Å². The van der Waals surface area contributed by atoms with Crippen LogP contribution in [0.1, 0.15) is 0 Å². The summed E-state index contributed by atoms with van der Waals surface area (Å²) in [5.41, 5.74) is 17.5. The zero-order valence-corrected chi connectivity index (χ0v) is 32.6. The third-order valence-corrected chi connectivity index (χ3v) is 11.3. The minimum absolute atomic E-state index is 1.08. The molecular weight excluding hydrogens is 711 g/mol. The van der Waals surface area contributed by atoms with Crippen molar-refractivity contribution < 1.29 is 0 Å². The largest absolute Gasteiger partial charge is 0.310 e. The monoisotopic (exact) mass is 751 g/mol. The van der Waals surface area contributed by atoms with E-state index in [2.05, 4.69) is 254 Å². The summed E-state index contributed by atoms with van der Waals surface area (Å²) in [6.07, 6.45) is 0. The molecule has 278 valence electrons. The van der Waals surface area contributed by atoms with Crippen molar-refractivity contribution in [3.8, 4) is 66.8 Å². The molecule has 0 bridgehead atoms. The van der Waals surface area contributed by atoms with Gasteiger partial charge in [-0.15, -0.1) is 0 Å². The van der Waals surface area contributed by atoms with Crippen LogP contribution in [-0.2, 0) is 0 Å². The minimum atomic E-state index is 1.08. The average Bonchev–Trinajstić information content (AvgIpc) is 3.33. The van der Waals surface area contributed by atoms with E-state index in [1.807, 2.05) is 0 Å². The summed E-state index contributed by atoms with van der Waals surface area (Å²) < 4.78 is 0. The molecule has 1 nitrogen and oxygen atoms in total. The van der Waals surface area contributed by atoms with Crippen LogP contribution in [0.15, 0.2) is 249 Å². The molecule has 0 saturated heterocycles. The molecule has 0 heterocycles. The van der Waals surface area contributed by atoms with E-state index in [-0.39, 0.29) is 0 Å². The second-order valence-corrected chi connectivity index (χ2v) is 14.9. The molecule has 59 heavy (non-hydrogen) atoms. The van der Waals surface area contributed by atoms with Gasteiger partial charge in [-0.1, -0.05) is 206 Å². The number of rotatable bonds is 9. The fourth-order valence-corrected chi connectivity index (χ4v) is 8.36. The van der Waals surface area contributed by atoms with E-state index in [9.17, 15) is 0 Å². The second kappa shape index (κ2) is 16.0. The third-order valence-electron chi connectivity index (χ3n) is 11.3. The molecule has 0 fully saturated rings. The minimum Gasteiger partial charge on any atom is -0.310 e. The Balaban J connectivity index is 1.18. The summed E-state index contributed by atoms with van der Waals surface area (Å²) in [6.45, 7) is 0. The highest BCUT2D eigenvalue weighted by atomic mass is 15.1. The molecule has 0 aliphatic carbocycles. The van der Waals surface area contributed by atoms with Crippen LogP contribution < -0.4 is 4.90 Å². The Kier molecular flexibility index (Phi) is 9.68. The fraction of sp³-hybridized carbons (Fsp3) is 0. The molecule has 0 saturated carbocycles. The number of nitrogens with zero attached hydrogens (tertiary/aromatic N) is 1. The molecule has 0 amide bonds. The van der Waals surface area contributed by atoms with Crippen molar-refractivity contribution in [3.63, 3.8) is 0 Å². The molecule has 0 unspecified atom stereocenters. The quantitative estimate of drug-likeness (QED) is 0.142. The van der Waals surface area contributed by atoms with E-state index < -0.39 is 0 Å². The molecule has 10 aromatic carbocycles. The van der Waals surface area contributed by atoms with E-state index >= 15 is 0 Å². The summed E-state index contributed by atoms with van der Waals surface area (Å²) in [4.78, 5) is 2.43. The van der Waals surface area contributed by atoms with Gasteiger partial charge in [0.15, 0.2) is 0 Å². The first-order valence-corrected chi connectivity index (χ1v) is 20.3. The highest BCUT2D eigenvalue weighted by Gasteiger charge is 2.21. The first kappa shape index (κ1) is 35.7. The number of hydrogen-bond donors (Lipinski definition) is 0. The van der Waals surface area contributed by atoms with Crippen LogP contribution in [0.2, 0.25) is 0 Å². The van der Waals surface area contributed by atoms with E-state index in [0.717, 1.165) is 28.2 Å². The summed E-state index contributed by atoms with van der Waals surface area (Å²) in [6, 6.07) is 89.9. The van der Waals surface area contributed by atoms with Crippen molar-refractivity contribution >= 4 is 27.8 Å². The van der Waals surface area contributed by atoms with Crippen LogP contribution in [0.4, 0.5) is 17.1 Å². The molecule has 0 N–H and O–H groups in total. The van der Waals surface area contributed by atoms with Crippen LogP contribution in [-0.4, -0.2) is 0 Å². The lowest BCUT2D eigenvalue weighted by molar-refractivity contribution is 1.28. The van der Waals surface area contributed by atoms with Gasteiger partial charge in [0.05, 0.1) is 5.69 Å². The fourth-order valence-electron chi connectivity index (χ4n) is 8.36. The molecule has 10 aromatic rings. The second-order valence-electron chi connectivity index (χ2n) is 14.9. The number of benzene rings is 10. The molecular formula is C58H41N. The van der Waals surface area contributed by atoms with Crippen LogP contribution in [0.25, 0.3) is 77.5 Å². The smallest absolute Gasteiger partial charge is 0.0540 e. The maximum Gasteiger partial charge on any atom is 0.0540 e.